The van der Waals surface area contributed by atoms with E-state index in [1.807, 2.05) is 43.4 Å². The number of ether oxygens (including phenoxy) is 1. The van der Waals surface area contributed by atoms with Gasteiger partial charge in [-0.05, 0) is 31.6 Å². The number of nitrogens with one attached hydrogen (secondary N) is 1. The molecule has 1 aromatic rings. The van der Waals surface area contributed by atoms with Crippen LogP contribution in [0.2, 0.25) is 0 Å². The summed E-state index contributed by atoms with van der Waals surface area (Å²) < 4.78 is 5.49. The molecule has 156 valence electrons. The summed E-state index contributed by atoms with van der Waals surface area (Å²) in [5.41, 5.74) is 2.64. The molecule has 0 atom stereocenters. The number of aromatic nitrogens is 1. The smallest absolute Gasteiger partial charge is 0.158 e. The van der Waals surface area contributed by atoms with Gasteiger partial charge >= 0.3 is 0 Å². The van der Waals surface area contributed by atoms with Crippen molar-refractivity contribution in [1.82, 2.24) is 10.3 Å². The molecule has 0 aliphatic heterocycles. The van der Waals surface area contributed by atoms with E-state index in [0.717, 1.165) is 16.8 Å². The average Bonchev–Trinajstić information content (AvgIpc) is 2.69. The largest absolute Gasteiger partial charge is 0.377 e. The zero-order chi connectivity index (χ0) is 22.0. The molecule has 0 radical (unpaired) electrons. The first-order chi connectivity index (χ1) is 13.6. The summed E-state index contributed by atoms with van der Waals surface area (Å²) >= 11 is 6.02. The predicted octanol–water partition coefficient (Wildman–Crippen LogP) is 3.95. The van der Waals surface area contributed by atoms with E-state index in [1.54, 1.807) is 27.0 Å². The molecule has 1 heterocycles. The van der Waals surface area contributed by atoms with Crippen LogP contribution in [-0.4, -0.2) is 34.7 Å². The van der Waals surface area contributed by atoms with E-state index in [-0.39, 0.29) is 11.8 Å². The third-order valence-corrected chi connectivity index (χ3v) is 4.54. The van der Waals surface area contributed by atoms with Crippen LogP contribution in [0.1, 0.15) is 39.0 Å². The van der Waals surface area contributed by atoms with Gasteiger partial charge in [0.2, 0.25) is 0 Å². The van der Waals surface area contributed by atoms with Crippen molar-refractivity contribution in [1.29, 1.82) is 5.26 Å². The Labute approximate surface area is 177 Å². The summed E-state index contributed by atoms with van der Waals surface area (Å²) in [6.07, 6.45) is 5.92. The SMILES string of the molecule is C=C(N/C(Cl)=C(\C)C#N)c1ccc(C(/C=C\COCC(C)(C)C(O)O)=C/C)nc1. The van der Waals surface area contributed by atoms with Gasteiger partial charge < -0.3 is 20.3 Å². The lowest BCUT2D eigenvalue weighted by Crippen LogP contribution is -2.33. The molecule has 7 heteroatoms. The molecule has 29 heavy (non-hydrogen) atoms. The molecule has 0 saturated carbocycles. The highest BCUT2D eigenvalue weighted by Gasteiger charge is 2.25. The molecule has 6 nitrogen and oxygen atoms in total. The number of pyridine rings is 1. The quantitative estimate of drug-likeness (QED) is 0.175. The molecule has 0 aliphatic rings. The summed E-state index contributed by atoms with van der Waals surface area (Å²) in [6, 6.07) is 5.70. The van der Waals surface area contributed by atoms with E-state index >= 15 is 0 Å². The maximum absolute atomic E-state index is 9.27. The van der Waals surface area contributed by atoms with E-state index in [1.165, 1.54) is 0 Å². The van der Waals surface area contributed by atoms with Crippen molar-refractivity contribution >= 4 is 22.9 Å². The number of hydrogen-bond acceptors (Lipinski definition) is 6. The minimum atomic E-state index is -1.43. The number of allylic oxidation sites excluding steroid dienone is 4. The first kappa shape index (κ1) is 24.6. The molecule has 0 fully saturated rings. The molecule has 0 spiro atoms. The van der Waals surface area contributed by atoms with Crippen LogP contribution in [0, 0.1) is 16.7 Å². The minimum Gasteiger partial charge on any atom is -0.377 e. The van der Waals surface area contributed by atoms with Gasteiger partial charge in [-0.25, -0.2) is 0 Å². The topological polar surface area (TPSA) is 98.4 Å². The molecule has 1 aromatic heterocycles. The van der Waals surface area contributed by atoms with Crippen LogP contribution in [0.15, 0.2) is 53.9 Å². The number of aliphatic hydroxyl groups is 2. The van der Waals surface area contributed by atoms with Crippen LogP contribution in [0.4, 0.5) is 0 Å². The number of rotatable bonds is 10. The van der Waals surface area contributed by atoms with Crippen molar-refractivity contribution in [2.75, 3.05) is 13.2 Å². The Hall–Kier alpha value is -2.43. The minimum absolute atomic E-state index is 0.227. The van der Waals surface area contributed by atoms with E-state index < -0.39 is 11.7 Å². The van der Waals surface area contributed by atoms with Crippen molar-refractivity contribution in [2.24, 2.45) is 5.41 Å². The molecule has 1 rings (SSSR count). The van der Waals surface area contributed by atoms with E-state index in [4.69, 9.17) is 21.6 Å². The maximum Gasteiger partial charge on any atom is 0.158 e. The number of aliphatic hydroxyl groups excluding tert-OH is 1. The van der Waals surface area contributed by atoms with Crippen LogP contribution in [-0.2, 0) is 4.74 Å². The molecule has 0 aliphatic carbocycles. The van der Waals surface area contributed by atoms with Crippen molar-refractivity contribution in [2.45, 2.75) is 34.0 Å². The first-order valence-corrected chi connectivity index (χ1v) is 9.46. The van der Waals surface area contributed by atoms with Gasteiger partial charge in [-0.3, -0.25) is 4.98 Å². The Bertz CT molecular complexity index is 832. The zero-order valence-corrected chi connectivity index (χ0v) is 18.0. The maximum atomic E-state index is 9.27. The zero-order valence-electron chi connectivity index (χ0n) is 17.2. The fraction of sp³-hybridized carbons (Fsp3) is 0.364. The second kappa shape index (κ2) is 11.5. The second-order valence-corrected chi connectivity index (χ2v) is 7.49. The average molecular weight is 418 g/mol. The van der Waals surface area contributed by atoms with Gasteiger partial charge in [-0.2, -0.15) is 5.26 Å². The predicted molar refractivity (Wildman–Crippen MR) is 116 cm³/mol. The Morgan fingerprint density at radius 2 is 2.14 bits per heavy atom. The van der Waals surface area contributed by atoms with Gasteiger partial charge in [-0.1, -0.05) is 50.3 Å². The van der Waals surface area contributed by atoms with Crippen molar-refractivity contribution < 1.29 is 14.9 Å². The van der Waals surface area contributed by atoms with Crippen molar-refractivity contribution in [3.63, 3.8) is 0 Å². The molecular formula is C22H28ClN3O3. The Morgan fingerprint density at radius 1 is 1.45 bits per heavy atom. The molecule has 3 N–H and O–H groups in total. The summed E-state index contributed by atoms with van der Waals surface area (Å²) in [5, 5.41) is 30.5. The molecule has 0 saturated heterocycles. The highest BCUT2D eigenvalue weighted by molar-refractivity contribution is 6.30. The highest BCUT2D eigenvalue weighted by Crippen LogP contribution is 2.20. The van der Waals surface area contributed by atoms with E-state index in [2.05, 4.69) is 16.9 Å². The molecule has 0 unspecified atom stereocenters. The molecule has 0 amide bonds. The Balaban J connectivity index is 2.71. The third kappa shape index (κ3) is 7.84. The van der Waals surface area contributed by atoms with Gasteiger partial charge in [0.05, 0.1) is 30.6 Å². The second-order valence-electron chi connectivity index (χ2n) is 7.11. The summed E-state index contributed by atoms with van der Waals surface area (Å²) in [4.78, 5) is 4.45. The lowest BCUT2D eigenvalue weighted by atomic mass is 9.94. The summed E-state index contributed by atoms with van der Waals surface area (Å²) in [6.45, 7) is 11.5. The highest BCUT2D eigenvalue weighted by atomic mass is 35.5. The van der Waals surface area contributed by atoms with Crippen LogP contribution >= 0.6 is 11.6 Å². The van der Waals surface area contributed by atoms with Gasteiger partial charge in [0.15, 0.2) is 6.29 Å². The van der Waals surface area contributed by atoms with Crippen LogP contribution in [0.25, 0.3) is 11.3 Å². The van der Waals surface area contributed by atoms with Gasteiger partial charge in [0.1, 0.15) is 5.16 Å². The van der Waals surface area contributed by atoms with Crippen molar-refractivity contribution in [3.8, 4) is 6.07 Å². The van der Waals surface area contributed by atoms with E-state index in [9.17, 15) is 10.2 Å². The Morgan fingerprint density at radius 3 is 2.66 bits per heavy atom. The first-order valence-electron chi connectivity index (χ1n) is 9.08. The fourth-order valence-electron chi connectivity index (χ4n) is 2.06. The number of halogens is 1. The normalized spacial score (nSPS) is 13.4. The van der Waals surface area contributed by atoms with Gasteiger partial charge in [0, 0.05) is 22.9 Å². The number of nitrogens with zero attached hydrogens (tertiary/aromatic N) is 2. The van der Waals surface area contributed by atoms with Crippen LogP contribution < -0.4 is 5.32 Å². The van der Waals surface area contributed by atoms with Crippen LogP contribution in [0.5, 0.6) is 0 Å². The third-order valence-electron chi connectivity index (χ3n) is 4.16. The molecule has 0 aromatic carbocycles. The lowest BCUT2D eigenvalue weighted by molar-refractivity contribution is -0.143. The summed E-state index contributed by atoms with van der Waals surface area (Å²) in [7, 11) is 0. The lowest BCUT2D eigenvalue weighted by Gasteiger charge is -2.25. The Kier molecular flexibility index (Phi) is 9.79. The number of nitriles is 1. The van der Waals surface area contributed by atoms with Gasteiger partial charge in [-0.15, -0.1) is 0 Å². The van der Waals surface area contributed by atoms with Crippen LogP contribution in [0.3, 0.4) is 0 Å². The standard InChI is InChI=1S/C22H28ClN3O3/c1-6-17(8-7-11-29-14-22(4,5)21(27)28)19-10-9-18(13-25-19)16(3)26-20(23)15(2)12-24/h6-10,13,21,26-28H,3,11,14H2,1-2,4-5H3/b8-7-,17-6+,20-15+. The number of hydrogen-bond donors (Lipinski definition) is 3. The monoisotopic (exact) mass is 417 g/mol. The van der Waals surface area contributed by atoms with Gasteiger partial charge in [0.25, 0.3) is 0 Å². The molecule has 0 bridgehead atoms. The summed E-state index contributed by atoms with van der Waals surface area (Å²) in [5.74, 6) is 0. The van der Waals surface area contributed by atoms with E-state index in [0.29, 0.717) is 17.9 Å². The molecular weight excluding hydrogens is 390 g/mol. The fourth-order valence-corrected chi connectivity index (χ4v) is 2.22. The van der Waals surface area contributed by atoms with Crippen molar-refractivity contribution in [3.05, 3.63) is 65.1 Å².